The van der Waals surface area contributed by atoms with Crippen LogP contribution in [0.1, 0.15) is 18.3 Å². The molecule has 0 saturated heterocycles. The molecule has 0 bridgehead atoms. The minimum absolute atomic E-state index is 0.558. The van der Waals surface area contributed by atoms with Crippen LogP contribution in [0.15, 0.2) is 30.3 Å². The zero-order valence-electron chi connectivity index (χ0n) is 10.5. The van der Waals surface area contributed by atoms with Gasteiger partial charge in [0, 0.05) is 18.2 Å². The minimum atomic E-state index is 0.558. The normalized spacial score (nSPS) is 9.74. The average Bonchev–Trinajstić information content (AvgIpc) is 2.47. The number of anilines is 3. The first kappa shape index (κ1) is 12.8. The molecule has 1 aromatic heterocycles. The molecule has 2 rings (SSSR count). The van der Waals surface area contributed by atoms with Crippen molar-refractivity contribution in [1.82, 2.24) is 9.97 Å². The molecule has 4 N–H and O–H groups in total. The van der Waals surface area contributed by atoms with Crippen LogP contribution < -0.4 is 16.6 Å². The van der Waals surface area contributed by atoms with Crippen LogP contribution in [0.2, 0.25) is 0 Å². The van der Waals surface area contributed by atoms with Crippen LogP contribution >= 0.6 is 0 Å². The van der Waals surface area contributed by atoms with E-state index in [1.807, 2.05) is 19.1 Å². The van der Waals surface area contributed by atoms with Crippen molar-refractivity contribution in [1.29, 1.82) is 5.26 Å². The number of hydrazine groups is 1. The second kappa shape index (κ2) is 5.80. The summed E-state index contributed by atoms with van der Waals surface area (Å²) in [4.78, 5) is 8.56. The third-order valence-electron chi connectivity index (χ3n) is 2.52. The van der Waals surface area contributed by atoms with Gasteiger partial charge in [0.1, 0.15) is 17.5 Å². The Bertz CT molecular complexity index is 577. The highest BCUT2D eigenvalue weighted by Crippen LogP contribution is 2.17. The van der Waals surface area contributed by atoms with Crippen molar-refractivity contribution in [2.45, 2.75) is 13.3 Å². The van der Waals surface area contributed by atoms with Crippen LogP contribution in [0.5, 0.6) is 0 Å². The Morgan fingerprint density at radius 2 is 1.89 bits per heavy atom. The number of hydrogen-bond donors (Lipinski definition) is 3. The standard InChI is InChI=1S/C13H14N6/c1-2-11-17-12(7-13(18-11)19-15)16-10-5-3-9(8-14)4-6-10/h3-7H,2,15H2,1H3,(H2,16,17,18,19). The Labute approximate surface area is 111 Å². The van der Waals surface area contributed by atoms with Gasteiger partial charge in [0.2, 0.25) is 0 Å². The molecule has 0 aliphatic carbocycles. The Kier molecular flexibility index (Phi) is 3.90. The summed E-state index contributed by atoms with van der Waals surface area (Å²) in [6, 6.07) is 10.9. The summed E-state index contributed by atoms with van der Waals surface area (Å²) in [6.45, 7) is 1.97. The maximum atomic E-state index is 8.74. The zero-order valence-corrected chi connectivity index (χ0v) is 10.5. The van der Waals surface area contributed by atoms with Gasteiger partial charge in [-0.25, -0.2) is 15.8 Å². The van der Waals surface area contributed by atoms with E-state index in [0.29, 0.717) is 23.0 Å². The molecule has 0 unspecified atom stereocenters. The molecule has 0 atom stereocenters. The van der Waals surface area contributed by atoms with Crippen molar-refractivity contribution in [3.8, 4) is 6.07 Å². The highest BCUT2D eigenvalue weighted by molar-refractivity contribution is 5.59. The Morgan fingerprint density at radius 3 is 2.47 bits per heavy atom. The molecule has 0 spiro atoms. The van der Waals surface area contributed by atoms with Crippen molar-refractivity contribution in [2.75, 3.05) is 10.7 Å². The number of nitrogens with one attached hydrogen (secondary N) is 2. The van der Waals surface area contributed by atoms with Crippen molar-refractivity contribution in [3.63, 3.8) is 0 Å². The predicted octanol–water partition coefficient (Wildman–Crippen LogP) is 1.94. The van der Waals surface area contributed by atoms with Gasteiger partial charge in [-0.15, -0.1) is 0 Å². The highest BCUT2D eigenvalue weighted by Gasteiger charge is 2.03. The van der Waals surface area contributed by atoms with Crippen LogP contribution in [0.25, 0.3) is 0 Å². The molecule has 0 aliphatic heterocycles. The van der Waals surface area contributed by atoms with E-state index < -0.39 is 0 Å². The Balaban J connectivity index is 2.24. The van der Waals surface area contributed by atoms with E-state index in [4.69, 9.17) is 11.1 Å². The van der Waals surface area contributed by atoms with E-state index in [1.165, 1.54) is 0 Å². The predicted molar refractivity (Wildman–Crippen MR) is 73.7 cm³/mol. The van der Waals surface area contributed by atoms with Gasteiger partial charge in [-0.1, -0.05) is 6.92 Å². The van der Waals surface area contributed by atoms with Gasteiger partial charge in [0.15, 0.2) is 0 Å². The molecule has 0 amide bonds. The van der Waals surface area contributed by atoms with E-state index in [2.05, 4.69) is 26.8 Å². The number of aryl methyl sites for hydroxylation is 1. The smallest absolute Gasteiger partial charge is 0.145 e. The number of nitrogens with zero attached hydrogens (tertiary/aromatic N) is 3. The van der Waals surface area contributed by atoms with Gasteiger partial charge < -0.3 is 10.7 Å². The van der Waals surface area contributed by atoms with Gasteiger partial charge in [-0.2, -0.15) is 5.26 Å². The molecular formula is C13H14N6. The van der Waals surface area contributed by atoms with Crippen molar-refractivity contribution >= 4 is 17.3 Å². The molecule has 6 nitrogen and oxygen atoms in total. The van der Waals surface area contributed by atoms with Gasteiger partial charge >= 0.3 is 0 Å². The molecule has 0 fully saturated rings. The summed E-state index contributed by atoms with van der Waals surface area (Å²) < 4.78 is 0. The number of benzene rings is 1. The van der Waals surface area contributed by atoms with Crippen molar-refractivity contribution in [2.24, 2.45) is 5.84 Å². The number of aromatic nitrogens is 2. The topological polar surface area (TPSA) is 99.6 Å². The number of nitrogens with two attached hydrogens (primary N) is 1. The first-order valence-corrected chi connectivity index (χ1v) is 5.87. The molecule has 0 radical (unpaired) electrons. The summed E-state index contributed by atoms with van der Waals surface area (Å²) in [5, 5.41) is 11.9. The lowest BCUT2D eigenvalue weighted by atomic mass is 10.2. The Morgan fingerprint density at radius 1 is 1.21 bits per heavy atom. The maximum Gasteiger partial charge on any atom is 0.145 e. The van der Waals surface area contributed by atoms with Crippen LogP contribution in [0, 0.1) is 11.3 Å². The lowest BCUT2D eigenvalue weighted by Crippen LogP contribution is -2.11. The molecule has 2 aromatic rings. The third-order valence-corrected chi connectivity index (χ3v) is 2.52. The quantitative estimate of drug-likeness (QED) is 0.569. The van der Waals surface area contributed by atoms with Crippen LogP contribution in [-0.4, -0.2) is 9.97 Å². The fraction of sp³-hybridized carbons (Fsp3) is 0.154. The first-order valence-electron chi connectivity index (χ1n) is 5.87. The molecule has 0 aliphatic rings. The number of rotatable bonds is 4. The van der Waals surface area contributed by atoms with E-state index >= 15 is 0 Å². The number of nitriles is 1. The second-order valence-electron chi connectivity index (χ2n) is 3.87. The van der Waals surface area contributed by atoms with Crippen molar-refractivity contribution in [3.05, 3.63) is 41.7 Å². The molecule has 1 aromatic carbocycles. The fourth-order valence-corrected chi connectivity index (χ4v) is 1.57. The molecule has 1 heterocycles. The van der Waals surface area contributed by atoms with E-state index in [-0.39, 0.29) is 0 Å². The largest absolute Gasteiger partial charge is 0.340 e. The summed E-state index contributed by atoms with van der Waals surface area (Å²) in [5.74, 6) is 7.29. The van der Waals surface area contributed by atoms with Crippen LogP contribution in [0.4, 0.5) is 17.3 Å². The van der Waals surface area contributed by atoms with Crippen molar-refractivity contribution < 1.29 is 0 Å². The SMILES string of the molecule is CCc1nc(NN)cc(Nc2ccc(C#N)cc2)n1. The lowest BCUT2D eigenvalue weighted by Gasteiger charge is -2.09. The molecular weight excluding hydrogens is 240 g/mol. The molecule has 19 heavy (non-hydrogen) atoms. The maximum absolute atomic E-state index is 8.74. The van der Waals surface area contributed by atoms with Crippen LogP contribution in [-0.2, 0) is 6.42 Å². The molecule has 6 heteroatoms. The molecule has 0 saturated carbocycles. The van der Waals surface area contributed by atoms with E-state index in [9.17, 15) is 0 Å². The van der Waals surface area contributed by atoms with Crippen LogP contribution in [0.3, 0.4) is 0 Å². The average molecular weight is 254 g/mol. The number of hydrogen-bond acceptors (Lipinski definition) is 6. The summed E-state index contributed by atoms with van der Waals surface area (Å²) in [7, 11) is 0. The lowest BCUT2D eigenvalue weighted by molar-refractivity contribution is 0.941. The minimum Gasteiger partial charge on any atom is -0.340 e. The number of nitrogen functional groups attached to an aromatic ring is 1. The van der Waals surface area contributed by atoms with E-state index in [0.717, 1.165) is 12.1 Å². The van der Waals surface area contributed by atoms with Gasteiger partial charge in [-0.3, -0.25) is 0 Å². The zero-order chi connectivity index (χ0) is 13.7. The van der Waals surface area contributed by atoms with Gasteiger partial charge in [0.05, 0.1) is 11.6 Å². The summed E-state index contributed by atoms with van der Waals surface area (Å²) in [6.07, 6.45) is 0.720. The summed E-state index contributed by atoms with van der Waals surface area (Å²) >= 11 is 0. The highest BCUT2D eigenvalue weighted by atomic mass is 15.3. The first-order chi connectivity index (χ1) is 9.25. The second-order valence-corrected chi connectivity index (χ2v) is 3.87. The van der Waals surface area contributed by atoms with Gasteiger partial charge in [-0.05, 0) is 24.3 Å². The molecule has 96 valence electrons. The third kappa shape index (κ3) is 3.18. The van der Waals surface area contributed by atoms with E-state index in [1.54, 1.807) is 18.2 Å². The Hall–Kier alpha value is -2.65. The monoisotopic (exact) mass is 254 g/mol. The fourth-order valence-electron chi connectivity index (χ4n) is 1.57. The summed E-state index contributed by atoms with van der Waals surface area (Å²) in [5.41, 5.74) is 3.98. The van der Waals surface area contributed by atoms with Gasteiger partial charge in [0.25, 0.3) is 0 Å².